The summed E-state index contributed by atoms with van der Waals surface area (Å²) in [7, 11) is 0. The molecule has 3 amide bonds. The van der Waals surface area contributed by atoms with Gasteiger partial charge in [-0.2, -0.15) is 0 Å². The van der Waals surface area contributed by atoms with Gasteiger partial charge in [0.2, 0.25) is 11.8 Å². The Balaban J connectivity index is 1.49. The molecule has 0 spiro atoms. The van der Waals surface area contributed by atoms with Gasteiger partial charge in [0.1, 0.15) is 0 Å². The second-order valence-corrected chi connectivity index (χ2v) is 6.51. The van der Waals surface area contributed by atoms with E-state index in [4.69, 9.17) is 4.42 Å². The van der Waals surface area contributed by atoms with E-state index in [1.165, 1.54) is 0 Å². The highest BCUT2D eigenvalue weighted by Crippen LogP contribution is 2.19. The third kappa shape index (κ3) is 5.20. The number of carbonyl (C=O) groups is 2. The minimum Gasteiger partial charge on any atom is -0.439 e. The predicted octanol–water partition coefficient (Wildman–Crippen LogP) is 4.26. The van der Waals surface area contributed by atoms with Gasteiger partial charge >= 0.3 is 6.03 Å². The van der Waals surface area contributed by atoms with Crippen molar-refractivity contribution < 1.29 is 14.0 Å². The number of benzene rings is 2. The van der Waals surface area contributed by atoms with Gasteiger partial charge in [0.25, 0.3) is 0 Å². The van der Waals surface area contributed by atoms with Gasteiger partial charge < -0.3 is 20.4 Å². The van der Waals surface area contributed by atoms with E-state index in [2.05, 4.69) is 20.9 Å². The molecule has 0 aliphatic rings. The van der Waals surface area contributed by atoms with Gasteiger partial charge in [-0.15, -0.1) is 0 Å². The van der Waals surface area contributed by atoms with Crippen LogP contribution in [0.3, 0.4) is 0 Å². The lowest BCUT2D eigenvalue weighted by Crippen LogP contribution is -2.28. The van der Waals surface area contributed by atoms with Gasteiger partial charge in [0, 0.05) is 22.9 Å². The summed E-state index contributed by atoms with van der Waals surface area (Å²) in [6, 6.07) is 16.1. The second kappa shape index (κ2) is 8.85. The van der Waals surface area contributed by atoms with Crippen LogP contribution in [0.2, 0.25) is 0 Å². The molecular formula is C21H22N4O3. The molecule has 3 N–H and O–H groups in total. The third-order valence-corrected chi connectivity index (χ3v) is 3.95. The maximum absolute atomic E-state index is 12.1. The molecule has 0 fully saturated rings. The van der Waals surface area contributed by atoms with E-state index in [9.17, 15) is 9.59 Å². The molecule has 0 radical (unpaired) electrons. The number of anilines is 2. The fourth-order valence-corrected chi connectivity index (χ4v) is 2.38. The molecule has 0 atom stereocenters. The maximum atomic E-state index is 12.1. The van der Waals surface area contributed by atoms with Crippen molar-refractivity contribution in [3.63, 3.8) is 0 Å². The normalized spacial score (nSPS) is 10.5. The molecule has 7 heteroatoms. The van der Waals surface area contributed by atoms with Crippen LogP contribution in [-0.4, -0.2) is 16.9 Å². The summed E-state index contributed by atoms with van der Waals surface area (Å²) in [6.07, 6.45) is 1.63. The molecule has 28 heavy (non-hydrogen) atoms. The Morgan fingerprint density at radius 3 is 2.25 bits per heavy atom. The largest absolute Gasteiger partial charge is 0.439 e. The Labute approximate surface area is 163 Å². The van der Waals surface area contributed by atoms with Gasteiger partial charge in [-0.05, 0) is 24.3 Å². The van der Waals surface area contributed by atoms with Crippen molar-refractivity contribution in [3.8, 4) is 11.3 Å². The van der Waals surface area contributed by atoms with E-state index in [1.54, 1.807) is 30.5 Å². The minimum atomic E-state index is -0.376. The lowest BCUT2D eigenvalue weighted by atomic mass is 10.2. The number of rotatable bonds is 6. The van der Waals surface area contributed by atoms with Gasteiger partial charge in [0.15, 0.2) is 5.76 Å². The molecule has 0 aliphatic carbocycles. The van der Waals surface area contributed by atoms with E-state index in [-0.39, 0.29) is 24.4 Å². The van der Waals surface area contributed by atoms with Gasteiger partial charge in [-0.3, -0.25) is 4.79 Å². The fourth-order valence-electron chi connectivity index (χ4n) is 2.38. The Bertz CT molecular complexity index is 934. The first-order valence-corrected chi connectivity index (χ1v) is 8.97. The first-order valence-electron chi connectivity index (χ1n) is 8.97. The smallest absolute Gasteiger partial charge is 0.319 e. The third-order valence-electron chi connectivity index (χ3n) is 3.95. The topological polar surface area (TPSA) is 96.3 Å². The highest BCUT2D eigenvalue weighted by Gasteiger charge is 2.09. The zero-order valence-electron chi connectivity index (χ0n) is 15.7. The number of hydrogen-bond donors (Lipinski definition) is 3. The lowest BCUT2D eigenvalue weighted by Gasteiger charge is -2.09. The van der Waals surface area contributed by atoms with Crippen LogP contribution in [0.25, 0.3) is 11.3 Å². The Hall–Kier alpha value is -3.61. The van der Waals surface area contributed by atoms with Crippen molar-refractivity contribution in [2.24, 2.45) is 5.92 Å². The quantitative estimate of drug-likeness (QED) is 0.597. The number of nitrogens with one attached hydrogen (secondary N) is 3. The first kappa shape index (κ1) is 19.2. The van der Waals surface area contributed by atoms with E-state index in [0.717, 1.165) is 5.56 Å². The second-order valence-electron chi connectivity index (χ2n) is 6.51. The van der Waals surface area contributed by atoms with Gasteiger partial charge in [-0.25, -0.2) is 9.78 Å². The highest BCUT2D eigenvalue weighted by atomic mass is 16.4. The molecule has 0 saturated heterocycles. The van der Waals surface area contributed by atoms with Gasteiger partial charge in [-0.1, -0.05) is 44.2 Å². The van der Waals surface area contributed by atoms with Crippen LogP contribution in [0.5, 0.6) is 0 Å². The Kier molecular flexibility index (Phi) is 6.06. The zero-order valence-corrected chi connectivity index (χ0v) is 15.7. The van der Waals surface area contributed by atoms with Crippen LogP contribution in [0.15, 0.2) is 65.2 Å². The van der Waals surface area contributed by atoms with Crippen molar-refractivity contribution in [2.75, 3.05) is 10.6 Å². The Morgan fingerprint density at radius 2 is 1.61 bits per heavy atom. The monoisotopic (exact) mass is 378 g/mol. The average molecular weight is 378 g/mol. The number of urea groups is 1. The number of carbonyl (C=O) groups excluding carboxylic acids is 2. The fraction of sp³-hybridized carbons (Fsp3) is 0.190. The van der Waals surface area contributed by atoms with E-state index >= 15 is 0 Å². The highest BCUT2D eigenvalue weighted by molar-refractivity contribution is 5.93. The molecule has 0 aliphatic heterocycles. The summed E-state index contributed by atoms with van der Waals surface area (Å²) in [6.45, 7) is 3.82. The lowest BCUT2D eigenvalue weighted by molar-refractivity contribution is -0.118. The number of aromatic nitrogens is 1. The summed E-state index contributed by atoms with van der Waals surface area (Å²) in [5.74, 6) is 0.915. The molecular weight excluding hydrogens is 356 g/mol. The predicted molar refractivity (Wildman–Crippen MR) is 108 cm³/mol. The van der Waals surface area contributed by atoms with E-state index < -0.39 is 0 Å². The van der Waals surface area contributed by atoms with Crippen LogP contribution in [-0.2, 0) is 11.3 Å². The van der Waals surface area contributed by atoms with Crippen molar-refractivity contribution >= 4 is 23.3 Å². The molecule has 0 bridgehead atoms. The summed E-state index contributed by atoms with van der Waals surface area (Å²) >= 11 is 0. The van der Waals surface area contributed by atoms with Crippen LogP contribution >= 0.6 is 0 Å². The van der Waals surface area contributed by atoms with Crippen molar-refractivity contribution in [1.29, 1.82) is 0 Å². The number of nitrogens with zero attached hydrogens (tertiary/aromatic N) is 1. The van der Waals surface area contributed by atoms with E-state index in [1.807, 2.05) is 44.2 Å². The summed E-state index contributed by atoms with van der Waals surface area (Å²) in [5.41, 5.74) is 2.21. The molecule has 3 rings (SSSR count). The zero-order chi connectivity index (χ0) is 19.9. The minimum absolute atomic E-state index is 0.0562. The summed E-state index contributed by atoms with van der Waals surface area (Å²) < 4.78 is 5.65. The molecule has 7 nitrogen and oxygen atoms in total. The van der Waals surface area contributed by atoms with Crippen LogP contribution in [0.4, 0.5) is 16.2 Å². The van der Waals surface area contributed by atoms with E-state index in [0.29, 0.717) is 23.0 Å². The van der Waals surface area contributed by atoms with Crippen LogP contribution in [0, 0.1) is 5.92 Å². The molecule has 3 aromatic rings. The number of amides is 3. The Morgan fingerprint density at radius 1 is 0.964 bits per heavy atom. The van der Waals surface area contributed by atoms with Crippen molar-refractivity contribution in [1.82, 2.24) is 10.3 Å². The average Bonchev–Trinajstić information content (AvgIpc) is 3.17. The van der Waals surface area contributed by atoms with Crippen LogP contribution < -0.4 is 16.0 Å². The van der Waals surface area contributed by atoms with Crippen molar-refractivity contribution in [3.05, 3.63) is 66.7 Å². The van der Waals surface area contributed by atoms with Crippen molar-refractivity contribution in [2.45, 2.75) is 20.4 Å². The number of hydrogen-bond acceptors (Lipinski definition) is 4. The SMILES string of the molecule is CC(C)C(=O)Nc1ccc(NC(=O)NCc2ncc(-c3ccccc3)o2)cc1. The first-order chi connectivity index (χ1) is 13.5. The molecule has 144 valence electrons. The standard InChI is InChI=1S/C21H22N4O3/c1-14(2)20(26)24-16-8-10-17(11-9-16)25-21(27)23-13-19-22-12-18(28-19)15-6-4-3-5-7-15/h3-12,14H,13H2,1-2H3,(H,24,26)(H2,23,25,27). The van der Waals surface area contributed by atoms with Crippen LogP contribution in [0.1, 0.15) is 19.7 Å². The molecule has 0 saturated carbocycles. The summed E-state index contributed by atoms with van der Waals surface area (Å²) in [4.78, 5) is 27.9. The summed E-state index contributed by atoms with van der Waals surface area (Å²) in [5, 5.41) is 8.22. The van der Waals surface area contributed by atoms with Gasteiger partial charge in [0.05, 0.1) is 12.7 Å². The maximum Gasteiger partial charge on any atom is 0.319 e. The number of oxazole rings is 1. The molecule has 0 unspecified atom stereocenters. The molecule has 1 heterocycles. The molecule has 1 aromatic heterocycles. The molecule has 2 aromatic carbocycles.